The van der Waals surface area contributed by atoms with Crippen LogP contribution in [0.5, 0.6) is 11.5 Å². The molecule has 0 aromatic heterocycles. The number of rotatable bonds is 2. The zero-order chi connectivity index (χ0) is 13.0. The number of hydrogen-bond donors (Lipinski definition) is 0. The first-order valence-electron chi connectivity index (χ1n) is 7.41. The fourth-order valence-corrected chi connectivity index (χ4v) is 3.91. The third kappa shape index (κ3) is 1.63. The molecular formula is C16H20BO2. The Balaban J connectivity index is 1.63. The minimum absolute atomic E-state index is 0.206. The lowest BCUT2D eigenvalue weighted by Gasteiger charge is -2.58. The van der Waals surface area contributed by atoms with Crippen molar-refractivity contribution in [3.8, 4) is 11.5 Å². The first-order valence-corrected chi connectivity index (χ1v) is 7.41. The van der Waals surface area contributed by atoms with Gasteiger partial charge in [0.25, 0.3) is 0 Å². The predicted molar refractivity (Wildman–Crippen MR) is 76.4 cm³/mol. The molecule has 1 saturated carbocycles. The molecule has 2 aliphatic heterocycles. The van der Waals surface area contributed by atoms with Gasteiger partial charge in [0.15, 0.2) is 11.5 Å². The van der Waals surface area contributed by atoms with Crippen LogP contribution < -0.4 is 9.47 Å². The Bertz CT molecular complexity index is 511. The van der Waals surface area contributed by atoms with Gasteiger partial charge in [0.2, 0.25) is 0 Å². The Hall–Kier alpha value is -1.12. The van der Waals surface area contributed by atoms with Crippen LogP contribution in [-0.2, 0) is 5.41 Å². The van der Waals surface area contributed by atoms with E-state index in [1.54, 1.807) is 0 Å². The molecule has 3 unspecified atom stereocenters. The Kier molecular flexibility index (Phi) is 2.42. The van der Waals surface area contributed by atoms with Crippen LogP contribution in [0.2, 0.25) is 11.6 Å². The van der Waals surface area contributed by atoms with Crippen molar-refractivity contribution in [2.24, 2.45) is 5.92 Å². The topological polar surface area (TPSA) is 18.5 Å². The monoisotopic (exact) mass is 255 g/mol. The van der Waals surface area contributed by atoms with Gasteiger partial charge in [-0.05, 0) is 29.0 Å². The molecule has 0 amide bonds. The van der Waals surface area contributed by atoms with Crippen molar-refractivity contribution in [1.82, 2.24) is 0 Å². The molecule has 0 N–H and O–H groups in total. The summed E-state index contributed by atoms with van der Waals surface area (Å²) in [6.45, 7) is 6.06. The van der Waals surface area contributed by atoms with Gasteiger partial charge < -0.3 is 9.47 Å². The quantitative estimate of drug-likeness (QED) is 0.753. The van der Waals surface area contributed by atoms with Gasteiger partial charge in [0, 0.05) is 0 Å². The van der Waals surface area contributed by atoms with E-state index >= 15 is 0 Å². The largest absolute Gasteiger partial charge is 0.486 e. The summed E-state index contributed by atoms with van der Waals surface area (Å²) < 4.78 is 11.3. The van der Waals surface area contributed by atoms with Gasteiger partial charge in [-0.25, -0.2) is 0 Å². The Morgan fingerprint density at radius 3 is 2.53 bits per heavy atom. The Morgan fingerprint density at radius 1 is 1.11 bits per heavy atom. The molecule has 3 heteroatoms. The number of ether oxygens (including phenoxy) is 2. The molecule has 2 heterocycles. The Morgan fingerprint density at radius 2 is 1.89 bits per heavy atom. The molecule has 1 aliphatic carbocycles. The van der Waals surface area contributed by atoms with Crippen molar-refractivity contribution < 1.29 is 9.47 Å². The van der Waals surface area contributed by atoms with Gasteiger partial charge in [-0.3, -0.25) is 0 Å². The first kappa shape index (κ1) is 11.7. The number of benzene rings is 1. The molecule has 0 bridgehead atoms. The second-order valence-corrected chi connectivity index (χ2v) is 6.70. The van der Waals surface area contributed by atoms with Crippen molar-refractivity contribution in [2.75, 3.05) is 13.2 Å². The van der Waals surface area contributed by atoms with E-state index in [4.69, 9.17) is 9.47 Å². The summed E-state index contributed by atoms with van der Waals surface area (Å²) >= 11 is 0. The van der Waals surface area contributed by atoms with Gasteiger partial charge >= 0.3 is 0 Å². The summed E-state index contributed by atoms with van der Waals surface area (Å²) in [4.78, 5) is 0. The van der Waals surface area contributed by atoms with Gasteiger partial charge in [0.05, 0.1) is 0 Å². The fourth-order valence-electron chi connectivity index (χ4n) is 3.91. The SMILES string of the molecule is CC(C)(c1ccc2c(c1)OCCO2)C1[B]C2CCC21. The van der Waals surface area contributed by atoms with Gasteiger partial charge in [-0.15, -0.1) is 0 Å². The van der Waals surface area contributed by atoms with E-state index in [0.717, 1.165) is 29.1 Å². The van der Waals surface area contributed by atoms with E-state index in [1.165, 1.54) is 18.4 Å². The first-order chi connectivity index (χ1) is 9.16. The summed E-state index contributed by atoms with van der Waals surface area (Å²) in [6.07, 6.45) is 2.83. The van der Waals surface area contributed by atoms with Crippen LogP contribution in [0.15, 0.2) is 18.2 Å². The average Bonchev–Trinajstić information content (AvgIpc) is 2.41. The van der Waals surface area contributed by atoms with Crippen molar-refractivity contribution in [3.05, 3.63) is 23.8 Å². The third-order valence-electron chi connectivity index (χ3n) is 5.42. The van der Waals surface area contributed by atoms with E-state index in [0.29, 0.717) is 13.2 Å². The van der Waals surface area contributed by atoms with Crippen LogP contribution in [0.1, 0.15) is 32.3 Å². The van der Waals surface area contributed by atoms with E-state index in [2.05, 4.69) is 39.3 Å². The maximum absolute atomic E-state index is 5.72. The molecule has 2 fully saturated rings. The molecular weight excluding hydrogens is 235 g/mol. The van der Waals surface area contributed by atoms with Crippen LogP contribution in [0.25, 0.3) is 0 Å². The highest BCUT2D eigenvalue weighted by Crippen LogP contribution is 2.63. The van der Waals surface area contributed by atoms with Crippen LogP contribution in [0.4, 0.5) is 0 Å². The van der Waals surface area contributed by atoms with Crippen LogP contribution in [0.3, 0.4) is 0 Å². The second kappa shape index (κ2) is 3.94. The van der Waals surface area contributed by atoms with Gasteiger partial charge in [-0.1, -0.05) is 44.4 Å². The molecule has 99 valence electrons. The lowest BCUT2D eigenvalue weighted by molar-refractivity contribution is 0.169. The van der Waals surface area contributed by atoms with E-state index in [9.17, 15) is 0 Å². The molecule has 4 rings (SSSR count). The lowest BCUT2D eigenvalue weighted by atomic mass is 9.24. The maximum Gasteiger partial charge on any atom is 0.161 e. The van der Waals surface area contributed by atoms with Crippen molar-refractivity contribution in [3.63, 3.8) is 0 Å². The molecule has 1 saturated heterocycles. The highest BCUT2D eigenvalue weighted by atomic mass is 16.6. The van der Waals surface area contributed by atoms with E-state index < -0.39 is 0 Å². The summed E-state index contributed by atoms with van der Waals surface area (Å²) in [5.41, 5.74) is 1.58. The minimum Gasteiger partial charge on any atom is -0.486 e. The zero-order valence-electron chi connectivity index (χ0n) is 11.7. The second-order valence-electron chi connectivity index (χ2n) is 6.70. The number of hydrogen-bond acceptors (Lipinski definition) is 2. The lowest BCUT2D eigenvalue weighted by Crippen LogP contribution is -2.51. The smallest absolute Gasteiger partial charge is 0.161 e. The molecule has 1 aromatic rings. The predicted octanol–water partition coefficient (Wildman–Crippen LogP) is 3.44. The molecule has 2 nitrogen and oxygen atoms in total. The van der Waals surface area contributed by atoms with Gasteiger partial charge in [-0.2, -0.15) is 0 Å². The van der Waals surface area contributed by atoms with Crippen LogP contribution in [0, 0.1) is 5.92 Å². The average molecular weight is 255 g/mol. The molecule has 3 atom stereocenters. The third-order valence-corrected chi connectivity index (χ3v) is 5.42. The van der Waals surface area contributed by atoms with Crippen molar-refractivity contribution in [2.45, 2.75) is 43.7 Å². The molecule has 1 aromatic carbocycles. The maximum atomic E-state index is 5.72. The molecule has 1 radical (unpaired) electrons. The zero-order valence-corrected chi connectivity index (χ0v) is 11.7. The van der Waals surface area contributed by atoms with E-state index in [1.807, 2.05) is 0 Å². The molecule has 19 heavy (non-hydrogen) atoms. The molecule has 0 spiro atoms. The highest BCUT2D eigenvalue weighted by Gasteiger charge is 2.53. The standard InChI is InChI=1S/C16H20BO2/c1-16(2,15-11-4-5-12(11)17-15)10-3-6-13-14(9-10)19-8-7-18-13/h3,6,9,11-12,15H,4-5,7-8H2,1-2H3. The highest BCUT2D eigenvalue weighted by molar-refractivity contribution is 6.45. The van der Waals surface area contributed by atoms with Crippen LogP contribution >= 0.6 is 0 Å². The minimum atomic E-state index is 0.206. The van der Waals surface area contributed by atoms with Crippen LogP contribution in [-0.4, -0.2) is 20.5 Å². The summed E-state index contributed by atoms with van der Waals surface area (Å²) in [7, 11) is 2.57. The summed E-state index contributed by atoms with van der Waals surface area (Å²) in [5, 5.41) is 0. The Labute approximate surface area is 115 Å². The van der Waals surface area contributed by atoms with Crippen molar-refractivity contribution >= 4 is 7.28 Å². The summed E-state index contributed by atoms with van der Waals surface area (Å²) in [6, 6.07) is 6.48. The number of fused-ring (bicyclic) bond motifs is 2. The van der Waals surface area contributed by atoms with Crippen molar-refractivity contribution in [1.29, 1.82) is 0 Å². The normalized spacial score (nSPS) is 31.6. The van der Waals surface area contributed by atoms with E-state index in [-0.39, 0.29) is 5.41 Å². The van der Waals surface area contributed by atoms with Gasteiger partial charge in [0.1, 0.15) is 20.5 Å². The fraction of sp³-hybridized carbons (Fsp3) is 0.625. The molecule has 3 aliphatic rings. The summed E-state index contributed by atoms with van der Waals surface area (Å²) in [5.74, 6) is 4.39.